The molecule has 0 saturated heterocycles. The summed E-state index contributed by atoms with van der Waals surface area (Å²) in [5.74, 6) is -11.2. The zero-order chi connectivity index (χ0) is 28.7. The van der Waals surface area contributed by atoms with Crippen molar-refractivity contribution in [2.75, 3.05) is 37.0 Å². The highest BCUT2D eigenvalue weighted by Gasteiger charge is 2.57. The van der Waals surface area contributed by atoms with Crippen LogP contribution in [-0.4, -0.2) is 95.7 Å². The molecule has 0 aromatic carbocycles. The summed E-state index contributed by atoms with van der Waals surface area (Å²) in [5.41, 5.74) is 0. The van der Waals surface area contributed by atoms with Crippen LogP contribution in [0.25, 0.3) is 0 Å². The van der Waals surface area contributed by atoms with E-state index in [1.165, 1.54) is 0 Å². The minimum atomic E-state index is -5.20. The van der Waals surface area contributed by atoms with E-state index in [4.69, 9.17) is 0 Å². The smallest absolute Gasteiger partial charge is 0.324 e. The molecule has 1 rings (SSSR count). The quantitative estimate of drug-likeness (QED) is 0.110. The molecule has 0 amide bonds. The van der Waals surface area contributed by atoms with Gasteiger partial charge in [-0.25, -0.2) is 0 Å². The van der Waals surface area contributed by atoms with Gasteiger partial charge in [-0.05, 0) is 35.5 Å². The highest BCUT2D eigenvalue weighted by Crippen LogP contribution is 2.63. The maximum absolute atomic E-state index is 11.9. The second-order valence-corrected chi connectivity index (χ2v) is 19.2. The van der Waals surface area contributed by atoms with Crippen molar-refractivity contribution in [1.29, 1.82) is 0 Å². The Morgan fingerprint density at radius 1 is 0.278 bits per heavy atom. The molecule has 0 heterocycles. The number of hydrogen-bond acceptors (Lipinski definition) is 6. The monoisotopic (exact) mass is 648 g/mol. The first kappa shape index (κ1) is 34.9. The summed E-state index contributed by atoms with van der Waals surface area (Å²) in [6.07, 6.45) is -8.08. The average Bonchev–Trinajstić information content (AvgIpc) is 2.51. The molecule has 1 aliphatic carbocycles. The van der Waals surface area contributed by atoms with Crippen LogP contribution >= 0.6 is 45.6 Å². The highest BCUT2D eigenvalue weighted by molar-refractivity contribution is 7.53. The topological polar surface area (TPSA) is 345 Å². The van der Waals surface area contributed by atoms with E-state index in [1.54, 1.807) is 0 Å². The van der Waals surface area contributed by atoms with Gasteiger partial charge in [-0.15, -0.1) is 0 Å². The Labute approximate surface area is 204 Å². The molecule has 0 aliphatic heterocycles. The van der Waals surface area contributed by atoms with Gasteiger partial charge in [0.25, 0.3) is 0 Å². The van der Waals surface area contributed by atoms with Crippen molar-refractivity contribution in [3.63, 3.8) is 0 Å². The fraction of sp³-hybridized carbons (Fsp3) is 1.00. The summed E-state index contributed by atoms with van der Waals surface area (Å²) in [4.78, 5) is 115. The van der Waals surface area contributed by atoms with Crippen molar-refractivity contribution < 1.29 is 86.1 Å². The van der Waals surface area contributed by atoms with Crippen molar-refractivity contribution in [3.8, 4) is 0 Å². The molecule has 12 N–H and O–H groups in total. The van der Waals surface area contributed by atoms with Crippen LogP contribution in [-0.2, 0) is 27.4 Å². The van der Waals surface area contributed by atoms with Crippen molar-refractivity contribution >= 4 is 45.6 Å². The lowest BCUT2D eigenvalue weighted by atomic mass is 9.59. The van der Waals surface area contributed by atoms with Crippen LogP contribution in [0, 0.1) is 35.5 Å². The molecule has 0 spiro atoms. The fourth-order valence-corrected chi connectivity index (χ4v) is 11.7. The summed E-state index contributed by atoms with van der Waals surface area (Å²) < 4.78 is 71.3. The molecule has 0 unspecified atom stereocenters. The largest absolute Gasteiger partial charge is 0.325 e. The van der Waals surface area contributed by atoms with Gasteiger partial charge in [0.2, 0.25) is 0 Å². The highest BCUT2D eigenvalue weighted by atomic mass is 31.2. The van der Waals surface area contributed by atoms with Gasteiger partial charge in [-0.3, -0.25) is 27.4 Å². The molecule has 0 radical (unpaired) electrons. The van der Waals surface area contributed by atoms with Crippen molar-refractivity contribution in [3.05, 3.63) is 0 Å². The third kappa shape index (κ3) is 13.3. The van der Waals surface area contributed by atoms with E-state index in [1.807, 2.05) is 0 Å². The summed E-state index contributed by atoms with van der Waals surface area (Å²) in [7, 11) is -31.2. The maximum atomic E-state index is 11.9. The Kier molecular flexibility index (Phi) is 11.4. The Morgan fingerprint density at radius 3 is 0.417 bits per heavy atom. The normalized spacial score (nSPS) is 29.3. The fourth-order valence-electron chi connectivity index (χ4n) is 5.18. The van der Waals surface area contributed by atoms with Crippen molar-refractivity contribution in [2.45, 2.75) is 0 Å². The molecule has 24 heteroatoms. The first-order valence-electron chi connectivity index (χ1n) is 9.84. The van der Waals surface area contributed by atoms with E-state index in [0.717, 1.165) is 0 Å². The van der Waals surface area contributed by atoms with Crippen LogP contribution in [0.5, 0.6) is 0 Å². The summed E-state index contributed by atoms with van der Waals surface area (Å²) in [6.45, 7) is 0. The van der Waals surface area contributed by atoms with Gasteiger partial charge in [0, 0.05) is 0 Å². The Hall–Kier alpha value is 0.900. The first-order valence-corrected chi connectivity index (χ1v) is 20.6. The zero-order valence-corrected chi connectivity index (χ0v) is 23.6. The molecule has 0 aromatic rings. The molecule has 0 atom stereocenters. The third-order valence-corrected chi connectivity index (χ3v) is 11.4. The second kappa shape index (κ2) is 11.8. The molecule has 0 aromatic heterocycles. The molecule has 18 nitrogen and oxygen atoms in total. The van der Waals surface area contributed by atoms with Crippen molar-refractivity contribution in [1.82, 2.24) is 0 Å². The van der Waals surface area contributed by atoms with E-state index in [9.17, 15) is 86.1 Å². The van der Waals surface area contributed by atoms with Gasteiger partial charge in [0.15, 0.2) is 0 Å². The lowest BCUT2D eigenvalue weighted by Gasteiger charge is -2.52. The molecule has 1 fully saturated rings. The summed E-state index contributed by atoms with van der Waals surface area (Å²) in [5, 5.41) is 0. The van der Waals surface area contributed by atoms with Crippen LogP contribution < -0.4 is 0 Å². The Bertz CT molecular complexity index is 825. The molecular weight excluding hydrogens is 618 g/mol. The van der Waals surface area contributed by atoms with E-state index in [0.29, 0.717) is 0 Å². The van der Waals surface area contributed by atoms with E-state index < -0.39 is 118 Å². The minimum absolute atomic E-state index is 1.35. The van der Waals surface area contributed by atoms with Gasteiger partial charge in [0.1, 0.15) is 0 Å². The van der Waals surface area contributed by atoms with Crippen molar-refractivity contribution in [2.24, 2.45) is 35.5 Å². The predicted molar refractivity (Wildman–Crippen MR) is 122 cm³/mol. The van der Waals surface area contributed by atoms with Crippen LogP contribution in [0.2, 0.25) is 0 Å². The first-order chi connectivity index (χ1) is 15.6. The van der Waals surface area contributed by atoms with Gasteiger partial charge in [0.05, 0.1) is 37.0 Å². The molecule has 1 aliphatic rings. The zero-order valence-electron chi connectivity index (χ0n) is 18.2. The number of rotatable bonds is 12. The molecule has 1 saturated carbocycles. The van der Waals surface area contributed by atoms with E-state index in [2.05, 4.69) is 0 Å². The average molecular weight is 648 g/mol. The minimum Gasteiger partial charge on any atom is -0.324 e. The van der Waals surface area contributed by atoms with Crippen LogP contribution in [0.3, 0.4) is 0 Å². The van der Waals surface area contributed by atoms with Gasteiger partial charge < -0.3 is 58.7 Å². The van der Waals surface area contributed by atoms with E-state index in [-0.39, 0.29) is 0 Å². The lowest BCUT2D eigenvalue weighted by Crippen LogP contribution is -2.53. The molecule has 36 heavy (non-hydrogen) atoms. The molecular formula is C12H30O18P6. The van der Waals surface area contributed by atoms with Crippen LogP contribution in [0.4, 0.5) is 0 Å². The Morgan fingerprint density at radius 2 is 0.361 bits per heavy atom. The van der Waals surface area contributed by atoms with Gasteiger partial charge in [-0.2, -0.15) is 0 Å². The lowest BCUT2D eigenvalue weighted by molar-refractivity contribution is 0.0267. The summed E-state index contributed by atoms with van der Waals surface area (Å²) >= 11 is 0. The third-order valence-electron chi connectivity index (χ3n) is 5.99. The van der Waals surface area contributed by atoms with Gasteiger partial charge >= 0.3 is 45.6 Å². The van der Waals surface area contributed by atoms with Crippen LogP contribution in [0.1, 0.15) is 0 Å². The van der Waals surface area contributed by atoms with E-state index >= 15 is 0 Å². The predicted octanol–water partition coefficient (Wildman–Crippen LogP) is -1.24. The Balaban J connectivity index is 4.04. The second-order valence-electron chi connectivity index (χ2n) is 9.07. The summed E-state index contributed by atoms with van der Waals surface area (Å²) in [6, 6.07) is 0. The molecule has 0 bridgehead atoms. The number of hydrogen-bond donors (Lipinski definition) is 12. The maximum Gasteiger partial charge on any atom is 0.325 e. The molecule has 216 valence electrons. The standard InChI is InChI=1S/C12H30O18P6/c13-31(14,15)1-7-8(2-32(16,17)18)10(4-34(22,23)24)12(6-36(28,29)30)11(5-35(25,26)27)9(7)3-33(19,20)21/h7-12H,1-6H2,(H2,13,14,15)(H2,16,17,18)(H2,19,20,21)(H2,22,23,24)(H2,25,26,27)(H2,28,29,30). The van der Waals surface area contributed by atoms with Gasteiger partial charge in [-0.1, -0.05) is 0 Å². The SMILES string of the molecule is O=P(O)(O)CC1C(CP(=O)(O)O)C(CP(=O)(O)O)C(CP(=O)(O)O)C(CP(=O)(O)O)C1CP(=O)(O)O. The van der Waals surface area contributed by atoms with Crippen LogP contribution in [0.15, 0.2) is 0 Å².